The van der Waals surface area contributed by atoms with Crippen molar-refractivity contribution in [2.75, 3.05) is 26.2 Å². The molecule has 0 radical (unpaired) electrons. The van der Waals surface area contributed by atoms with Crippen molar-refractivity contribution in [1.29, 1.82) is 0 Å². The highest BCUT2D eigenvalue weighted by Crippen LogP contribution is 2.29. The van der Waals surface area contributed by atoms with Gasteiger partial charge in [-0.15, -0.1) is 0 Å². The molecule has 2 saturated heterocycles. The number of sulfonamides is 1. The van der Waals surface area contributed by atoms with E-state index in [1.807, 2.05) is 0 Å². The predicted molar refractivity (Wildman–Crippen MR) is 94.5 cm³/mol. The van der Waals surface area contributed by atoms with Gasteiger partial charge >= 0.3 is 0 Å². The van der Waals surface area contributed by atoms with Crippen LogP contribution in [0.2, 0.25) is 0 Å². The van der Waals surface area contributed by atoms with Crippen LogP contribution in [0.1, 0.15) is 39.0 Å². The highest BCUT2D eigenvalue weighted by Gasteiger charge is 2.35. The molecule has 0 aliphatic carbocycles. The molecule has 6 heteroatoms. The number of rotatable bonds is 5. The molecule has 134 valence electrons. The van der Waals surface area contributed by atoms with E-state index in [4.69, 9.17) is 0 Å². The number of phenols is 1. The SMILES string of the molecule is CC1CCN(CC[C@H]2CCCN2S(=O)(=O)c2ccc(O)cc2)CC1. The monoisotopic (exact) mass is 352 g/mol. The Labute approximate surface area is 145 Å². The lowest BCUT2D eigenvalue weighted by Crippen LogP contribution is -2.40. The zero-order chi connectivity index (χ0) is 17.2. The lowest BCUT2D eigenvalue weighted by molar-refractivity contribution is 0.179. The van der Waals surface area contributed by atoms with Gasteiger partial charge in [0.15, 0.2) is 0 Å². The van der Waals surface area contributed by atoms with Crippen molar-refractivity contribution >= 4 is 10.0 Å². The number of hydrogen-bond donors (Lipinski definition) is 1. The van der Waals surface area contributed by atoms with E-state index in [0.717, 1.165) is 44.8 Å². The maximum absolute atomic E-state index is 12.9. The molecular formula is C18H28N2O3S. The van der Waals surface area contributed by atoms with Crippen LogP contribution in [-0.4, -0.2) is 55.0 Å². The molecule has 1 N–H and O–H groups in total. The van der Waals surface area contributed by atoms with E-state index in [2.05, 4.69) is 11.8 Å². The highest BCUT2D eigenvalue weighted by molar-refractivity contribution is 7.89. The number of piperidine rings is 1. The molecular weight excluding hydrogens is 324 g/mol. The number of nitrogens with zero attached hydrogens (tertiary/aromatic N) is 2. The Hall–Kier alpha value is -1.11. The first-order valence-corrected chi connectivity index (χ1v) is 10.4. The Morgan fingerprint density at radius 1 is 1.08 bits per heavy atom. The first-order valence-electron chi connectivity index (χ1n) is 9.00. The summed E-state index contributed by atoms with van der Waals surface area (Å²) in [5.41, 5.74) is 0. The third kappa shape index (κ3) is 3.92. The zero-order valence-corrected chi connectivity index (χ0v) is 15.2. The van der Waals surface area contributed by atoms with Gasteiger partial charge in [0.2, 0.25) is 10.0 Å². The number of benzene rings is 1. The molecule has 2 aliphatic heterocycles. The standard InChI is InChI=1S/C18H28N2O3S/c1-15-8-12-19(13-9-15)14-10-16-3-2-11-20(16)24(22,23)18-6-4-17(21)5-7-18/h4-7,15-16,21H,2-3,8-14H2,1H3/t16-/m1/s1. The molecule has 0 amide bonds. The van der Waals surface area contributed by atoms with Gasteiger partial charge in [-0.3, -0.25) is 0 Å². The van der Waals surface area contributed by atoms with Crippen molar-refractivity contribution in [2.24, 2.45) is 5.92 Å². The molecule has 3 rings (SSSR count). The fourth-order valence-electron chi connectivity index (χ4n) is 3.78. The summed E-state index contributed by atoms with van der Waals surface area (Å²) < 4.78 is 27.4. The summed E-state index contributed by atoms with van der Waals surface area (Å²) in [5, 5.41) is 9.37. The van der Waals surface area contributed by atoms with Gasteiger partial charge < -0.3 is 10.0 Å². The molecule has 0 spiro atoms. The predicted octanol–water partition coefficient (Wildman–Crippen LogP) is 2.67. The van der Waals surface area contributed by atoms with Crippen molar-refractivity contribution < 1.29 is 13.5 Å². The quantitative estimate of drug-likeness (QED) is 0.885. The Morgan fingerprint density at radius 2 is 1.75 bits per heavy atom. The first kappa shape index (κ1) is 17.7. The second-order valence-electron chi connectivity index (χ2n) is 7.22. The summed E-state index contributed by atoms with van der Waals surface area (Å²) in [4.78, 5) is 2.75. The molecule has 1 aromatic rings. The van der Waals surface area contributed by atoms with Crippen LogP contribution in [0.4, 0.5) is 0 Å². The van der Waals surface area contributed by atoms with Gasteiger partial charge in [-0.05, 0) is 81.9 Å². The third-order valence-corrected chi connectivity index (χ3v) is 7.39. The second kappa shape index (κ2) is 7.42. The molecule has 2 heterocycles. The van der Waals surface area contributed by atoms with Gasteiger partial charge in [0, 0.05) is 12.6 Å². The zero-order valence-electron chi connectivity index (χ0n) is 14.4. The van der Waals surface area contributed by atoms with Crippen molar-refractivity contribution in [3.05, 3.63) is 24.3 Å². The molecule has 1 aromatic carbocycles. The van der Waals surface area contributed by atoms with E-state index < -0.39 is 10.0 Å². The first-order chi connectivity index (χ1) is 11.5. The van der Waals surface area contributed by atoms with Crippen molar-refractivity contribution in [1.82, 2.24) is 9.21 Å². The number of likely N-dealkylation sites (tertiary alicyclic amines) is 1. The average molecular weight is 353 g/mol. The third-order valence-electron chi connectivity index (χ3n) is 5.42. The van der Waals surface area contributed by atoms with E-state index in [1.54, 1.807) is 4.31 Å². The minimum absolute atomic E-state index is 0.0891. The highest BCUT2D eigenvalue weighted by atomic mass is 32.2. The van der Waals surface area contributed by atoms with Crippen LogP contribution < -0.4 is 0 Å². The Morgan fingerprint density at radius 3 is 2.42 bits per heavy atom. The fraction of sp³-hybridized carbons (Fsp3) is 0.667. The summed E-state index contributed by atoms with van der Waals surface area (Å²) >= 11 is 0. The van der Waals surface area contributed by atoms with Gasteiger partial charge in [-0.1, -0.05) is 6.92 Å². The average Bonchev–Trinajstić information content (AvgIpc) is 3.04. The maximum Gasteiger partial charge on any atom is 0.243 e. The van der Waals surface area contributed by atoms with E-state index in [0.29, 0.717) is 6.54 Å². The summed E-state index contributed by atoms with van der Waals surface area (Å²) in [6.07, 6.45) is 5.28. The minimum atomic E-state index is -3.46. The van der Waals surface area contributed by atoms with E-state index >= 15 is 0 Å². The fourth-order valence-corrected chi connectivity index (χ4v) is 5.51. The van der Waals surface area contributed by atoms with Crippen LogP contribution in [0.15, 0.2) is 29.2 Å². The molecule has 2 fully saturated rings. The van der Waals surface area contributed by atoms with Gasteiger partial charge in [0.25, 0.3) is 0 Å². The minimum Gasteiger partial charge on any atom is -0.508 e. The summed E-state index contributed by atoms with van der Waals surface area (Å²) in [5.74, 6) is 0.908. The topological polar surface area (TPSA) is 60.9 Å². The lowest BCUT2D eigenvalue weighted by Gasteiger charge is -2.32. The van der Waals surface area contributed by atoms with Gasteiger partial charge in [0.05, 0.1) is 4.90 Å². The number of aromatic hydroxyl groups is 1. The molecule has 0 aromatic heterocycles. The molecule has 24 heavy (non-hydrogen) atoms. The van der Waals surface area contributed by atoms with Crippen molar-refractivity contribution in [3.63, 3.8) is 0 Å². The second-order valence-corrected chi connectivity index (χ2v) is 9.11. The van der Waals surface area contributed by atoms with Crippen molar-refractivity contribution in [3.8, 4) is 5.75 Å². The van der Waals surface area contributed by atoms with Crippen LogP contribution in [0.3, 0.4) is 0 Å². The van der Waals surface area contributed by atoms with Crippen LogP contribution in [0, 0.1) is 5.92 Å². The summed E-state index contributed by atoms with van der Waals surface area (Å²) in [7, 11) is -3.46. The largest absolute Gasteiger partial charge is 0.508 e. The van der Waals surface area contributed by atoms with Crippen LogP contribution in [-0.2, 0) is 10.0 Å². The number of phenolic OH excluding ortho intramolecular Hbond substituents is 1. The molecule has 1 atom stereocenters. The van der Waals surface area contributed by atoms with E-state index in [-0.39, 0.29) is 16.7 Å². The lowest BCUT2D eigenvalue weighted by atomic mass is 9.99. The van der Waals surface area contributed by atoms with Gasteiger partial charge in [-0.25, -0.2) is 8.42 Å². The van der Waals surface area contributed by atoms with E-state index in [9.17, 15) is 13.5 Å². The van der Waals surface area contributed by atoms with E-state index in [1.165, 1.54) is 37.1 Å². The molecule has 5 nitrogen and oxygen atoms in total. The van der Waals surface area contributed by atoms with Gasteiger partial charge in [-0.2, -0.15) is 4.31 Å². The number of hydrogen-bond acceptors (Lipinski definition) is 4. The van der Waals surface area contributed by atoms with Crippen LogP contribution >= 0.6 is 0 Å². The molecule has 2 aliphatic rings. The Balaban J connectivity index is 1.63. The molecule has 0 saturated carbocycles. The summed E-state index contributed by atoms with van der Waals surface area (Å²) in [6, 6.07) is 5.96. The Kier molecular flexibility index (Phi) is 5.47. The van der Waals surface area contributed by atoms with Crippen molar-refractivity contribution in [2.45, 2.75) is 50.0 Å². The van der Waals surface area contributed by atoms with Gasteiger partial charge in [0.1, 0.15) is 5.75 Å². The molecule has 0 bridgehead atoms. The summed E-state index contributed by atoms with van der Waals surface area (Å²) in [6.45, 7) is 6.17. The maximum atomic E-state index is 12.9. The normalized spacial score (nSPS) is 24.5. The smallest absolute Gasteiger partial charge is 0.243 e. The van der Waals surface area contributed by atoms with Crippen LogP contribution in [0.25, 0.3) is 0 Å². The molecule has 0 unspecified atom stereocenters. The van der Waals surface area contributed by atoms with Crippen LogP contribution in [0.5, 0.6) is 5.75 Å². The Bertz CT molecular complexity index is 637.